The maximum atomic E-state index is 12.4. The summed E-state index contributed by atoms with van der Waals surface area (Å²) < 4.78 is 0. The molecule has 1 aromatic heterocycles. The highest BCUT2D eigenvalue weighted by Gasteiger charge is 2.20. The molecule has 2 rings (SSSR count). The smallest absolute Gasteiger partial charge is 0.255 e. The predicted octanol–water partition coefficient (Wildman–Crippen LogP) is 2.60. The Balaban J connectivity index is 2.11. The van der Waals surface area contributed by atoms with Crippen LogP contribution >= 0.6 is 11.8 Å². The van der Waals surface area contributed by atoms with Crippen LogP contribution in [0, 0.1) is 13.8 Å². The average molecular weight is 333 g/mol. The number of anilines is 1. The fourth-order valence-corrected chi connectivity index (χ4v) is 2.89. The molecule has 0 bridgehead atoms. The zero-order chi connectivity index (χ0) is 17.0. The highest BCUT2D eigenvalue weighted by Crippen LogP contribution is 2.24. The number of thioether (sulfide) groups is 1. The number of aromatic hydroxyl groups is 1. The van der Waals surface area contributed by atoms with Crippen LogP contribution in [-0.2, 0) is 4.79 Å². The van der Waals surface area contributed by atoms with Crippen LogP contribution in [0.25, 0.3) is 0 Å². The van der Waals surface area contributed by atoms with Crippen LogP contribution in [0.5, 0.6) is 5.88 Å². The van der Waals surface area contributed by atoms with Gasteiger partial charge in [-0.2, -0.15) is 4.98 Å². The maximum Gasteiger partial charge on any atom is 0.255 e. The van der Waals surface area contributed by atoms with Gasteiger partial charge in [-0.15, -0.1) is 0 Å². The first kappa shape index (κ1) is 17.1. The van der Waals surface area contributed by atoms with Gasteiger partial charge in [0.25, 0.3) is 5.56 Å². The Bertz CT molecular complexity index is 773. The summed E-state index contributed by atoms with van der Waals surface area (Å²) in [6.45, 7) is 5.87. The van der Waals surface area contributed by atoms with Crippen molar-refractivity contribution in [1.82, 2.24) is 9.97 Å². The van der Waals surface area contributed by atoms with Crippen LogP contribution in [-0.4, -0.2) is 26.2 Å². The molecule has 0 aliphatic carbocycles. The third-order valence-corrected chi connectivity index (χ3v) is 4.65. The van der Waals surface area contributed by atoms with Crippen molar-refractivity contribution in [3.63, 3.8) is 0 Å². The molecule has 0 aliphatic rings. The molecule has 1 aromatic carbocycles. The molecule has 1 unspecified atom stereocenters. The van der Waals surface area contributed by atoms with Gasteiger partial charge in [-0.25, -0.2) is 0 Å². The monoisotopic (exact) mass is 333 g/mol. The number of hydrogen-bond acceptors (Lipinski definition) is 5. The highest BCUT2D eigenvalue weighted by molar-refractivity contribution is 8.00. The van der Waals surface area contributed by atoms with Gasteiger partial charge in [-0.1, -0.05) is 24.8 Å². The number of nitrogens with zero attached hydrogens (tertiary/aromatic N) is 1. The van der Waals surface area contributed by atoms with E-state index in [0.29, 0.717) is 6.42 Å². The minimum absolute atomic E-state index is 0.174. The van der Waals surface area contributed by atoms with E-state index in [4.69, 9.17) is 0 Å². The van der Waals surface area contributed by atoms with Gasteiger partial charge in [0.05, 0.1) is 11.3 Å². The molecule has 7 heteroatoms. The fraction of sp³-hybridized carbons (Fsp3) is 0.312. The number of hydrogen-bond donors (Lipinski definition) is 3. The summed E-state index contributed by atoms with van der Waals surface area (Å²) in [4.78, 5) is 30.1. The number of carbonyl (C=O) groups excluding carboxylic acids is 1. The molecule has 1 atom stereocenters. The summed E-state index contributed by atoms with van der Waals surface area (Å²) in [5, 5.41) is 12.0. The van der Waals surface area contributed by atoms with E-state index in [1.165, 1.54) is 0 Å². The summed E-state index contributed by atoms with van der Waals surface area (Å²) in [6, 6.07) is 6.71. The van der Waals surface area contributed by atoms with E-state index >= 15 is 0 Å². The Kier molecular flexibility index (Phi) is 5.44. The molecule has 23 heavy (non-hydrogen) atoms. The Morgan fingerprint density at radius 2 is 2.09 bits per heavy atom. The topological polar surface area (TPSA) is 95.1 Å². The number of rotatable bonds is 5. The molecule has 6 nitrogen and oxygen atoms in total. The minimum Gasteiger partial charge on any atom is -0.493 e. The third kappa shape index (κ3) is 4.59. The van der Waals surface area contributed by atoms with Crippen molar-refractivity contribution >= 4 is 23.4 Å². The van der Waals surface area contributed by atoms with Gasteiger partial charge >= 0.3 is 0 Å². The van der Waals surface area contributed by atoms with Gasteiger partial charge in [0.2, 0.25) is 11.8 Å². The van der Waals surface area contributed by atoms with Gasteiger partial charge in [0.1, 0.15) is 0 Å². The number of amides is 1. The van der Waals surface area contributed by atoms with Crippen LogP contribution in [0.1, 0.15) is 24.5 Å². The summed E-state index contributed by atoms with van der Waals surface area (Å²) >= 11 is 1.11. The first-order chi connectivity index (χ1) is 10.9. The van der Waals surface area contributed by atoms with Gasteiger partial charge < -0.3 is 15.4 Å². The van der Waals surface area contributed by atoms with E-state index < -0.39 is 10.8 Å². The number of aromatic nitrogens is 2. The third-order valence-electron chi connectivity index (χ3n) is 3.40. The van der Waals surface area contributed by atoms with Gasteiger partial charge in [-0.3, -0.25) is 9.59 Å². The Morgan fingerprint density at radius 3 is 2.70 bits per heavy atom. The molecule has 0 aliphatic heterocycles. The normalized spacial score (nSPS) is 12.0. The van der Waals surface area contributed by atoms with Crippen molar-refractivity contribution in [3.8, 4) is 5.88 Å². The zero-order valence-electron chi connectivity index (χ0n) is 13.2. The summed E-state index contributed by atoms with van der Waals surface area (Å²) in [5.74, 6) is -0.535. The number of carbonyl (C=O) groups is 1. The Morgan fingerprint density at radius 1 is 1.35 bits per heavy atom. The molecular weight excluding hydrogens is 314 g/mol. The molecule has 1 amide bonds. The SMILES string of the molecule is CCC(Sc1nc(O)cc(=O)[nH]1)C(=O)Nc1ccc(C)c(C)c1. The van der Waals surface area contributed by atoms with E-state index in [2.05, 4.69) is 15.3 Å². The average Bonchev–Trinajstić information content (AvgIpc) is 2.47. The van der Waals surface area contributed by atoms with E-state index in [0.717, 1.165) is 34.6 Å². The van der Waals surface area contributed by atoms with Crippen molar-refractivity contribution in [1.29, 1.82) is 0 Å². The number of nitrogens with one attached hydrogen (secondary N) is 2. The van der Waals surface area contributed by atoms with Crippen LogP contribution in [0.2, 0.25) is 0 Å². The second kappa shape index (κ2) is 7.32. The summed E-state index contributed by atoms with van der Waals surface area (Å²) in [6.07, 6.45) is 0.556. The van der Waals surface area contributed by atoms with Crippen molar-refractivity contribution < 1.29 is 9.90 Å². The first-order valence-corrected chi connectivity index (χ1v) is 8.12. The fourth-order valence-electron chi connectivity index (χ4n) is 1.98. The first-order valence-electron chi connectivity index (χ1n) is 7.24. The lowest BCUT2D eigenvalue weighted by Gasteiger charge is -2.14. The molecule has 0 radical (unpaired) electrons. The predicted molar refractivity (Wildman–Crippen MR) is 91.0 cm³/mol. The van der Waals surface area contributed by atoms with E-state index in [-0.39, 0.29) is 16.9 Å². The Hall–Kier alpha value is -2.28. The number of aryl methyl sites for hydroxylation is 2. The second-order valence-corrected chi connectivity index (χ2v) is 6.40. The quantitative estimate of drug-likeness (QED) is 0.577. The second-order valence-electron chi connectivity index (χ2n) is 5.21. The zero-order valence-corrected chi connectivity index (χ0v) is 14.0. The number of aromatic amines is 1. The number of H-pyrrole nitrogens is 1. The maximum absolute atomic E-state index is 12.4. The van der Waals surface area contributed by atoms with Crippen LogP contribution in [0.3, 0.4) is 0 Å². The minimum atomic E-state index is -0.454. The molecule has 2 aromatic rings. The summed E-state index contributed by atoms with van der Waals surface area (Å²) in [7, 11) is 0. The van der Waals surface area contributed by atoms with Crippen molar-refractivity contribution in [3.05, 3.63) is 45.7 Å². The molecule has 0 saturated carbocycles. The van der Waals surface area contributed by atoms with Crippen LogP contribution in [0.4, 0.5) is 5.69 Å². The lowest BCUT2D eigenvalue weighted by Crippen LogP contribution is -2.25. The van der Waals surface area contributed by atoms with E-state index in [1.807, 2.05) is 39.0 Å². The van der Waals surface area contributed by atoms with E-state index in [9.17, 15) is 14.7 Å². The molecule has 3 N–H and O–H groups in total. The molecule has 0 spiro atoms. The molecule has 122 valence electrons. The standard InChI is InChI=1S/C16H19N3O3S/c1-4-12(23-16-18-13(20)8-14(21)19-16)15(22)17-11-6-5-9(2)10(3)7-11/h5-8,12H,4H2,1-3H3,(H,17,22)(H2,18,19,20,21). The van der Waals surface area contributed by atoms with E-state index in [1.54, 1.807) is 0 Å². The van der Waals surface area contributed by atoms with Gasteiger partial charge in [-0.05, 0) is 43.5 Å². The molecule has 0 saturated heterocycles. The van der Waals surface area contributed by atoms with Crippen molar-refractivity contribution in [2.75, 3.05) is 5.32 Å². The van der Waals surface area contributed by atoms with Gasteiger partial charge in [0, 0.05) is 5.69 Å². The van der Waals surface area contributed by atoms with Crippen LogP contribution in [0.15, 0.2) is 34.2 Å². The number of benzene rings is 1. The highest BCUT2D eigenvalue weighted by atomic mass is 32.2. The Labute approximate surface area is 138 Å². The van der Waals surface area contributed by atoms with Crippen LogP contribution < -0.4 is 10.9 Å². The lowest BCUT2D eigenvalue weighted by molar-refractivity contribution is -0.115. The van der Waals surface area contributed by atoms with Crippen molar-refractivity contribution in [2.24, 2.45) is 0 Å². The summed E-state index contributed by atoms with van der Waals surface area (Å²) in [5.41, 5.74) is 2.53. The lowest BCUT2D eigenvalue weighted by atomic mass is 10.1. The largest absolute Gasteiger partial charge is 0.493 e. The van der Waals surface area contributed by atoms with Crippen molar-refractivity contribution in [2.45, 2.75) is 37.6 Å². The van der Waals surface area contributed by atoms with Gasteiger partial charge in [0.15, 0.2) is 5.16 Å². The molecule has 0 fully saturated rings. The molecular formula is C16H19N3O3S. The molecule has 1 heterocycles.